The molecule has 5 nitrogen and oxygen atoms in total. The molecule has 1 aliphatic carbocycles. The predicted molar refractivity (Wildman–Crippen MR) is 106 cm³/mol. The maximum atomic E-state index is 12.4. The van der Waals surface area contributed by atoms with E-state index < -0.39 is 0 Å². The van der Waals surface area contributed by atoms with Gasteiger partial charge in [0.05, 0.1) is 7.11 Å². The maximum Gasteiger partial charge on any atom is 0.223 e. The Hall–Kier alpha value is -2.53. The Bertz CT molecular complexity index is 748. The number of hydrogen-bond acceptors (Lipinski definition) is 4. The van der Waals surface area contributed by atoms with Crippen molar-refractivity contribution in [2.24, 2.45) is 11.7 Å². The second-order valence-electron chi connectivity index (χ2n) is 7.10. The van der Waals surface area contributed by atoms with Gasteiger partial charge in [0.2, 0.25) is 5.91 Å². The Labute approximate surface area is 160 Å². The van der Waals surface area contributed by atoms with Gasteiger partial charge in [0.15, 0.2) is 11.5 Å². The number of amides is 1. The first-order chi connectivity index (χ1) is 13.2. The molecule has 1 saturated carbocycles. The summed E-state index contributed by atoms with van der Waals surface area (Å²) >= 11 is 0. The van der Waals surface area contributed by atoms with Crippen LogP contribution in [0.2, 0.25) is 0 Å². The Morgan fingerprint density at radius 1 is 1.11 bits per heavy atom. The quantitative estimate of drug-likeness (QED) is 0.785. The van der Waals surface area contributed by atoms with Crippen molar-refractivity contribution in [3.63, 3.8) is 0 Å². The summed E-state index contributed by atoms with van der Waals surface area (Å²) in [6.07, 6.45) is 3.75. The molecule has 2 aromatic rings. The Balaban J connectivity index is 1.56. The predicted octanol–water partition coefficient (Wildman–Crippen LogP) is 3.41. The number of hydrogen-bond donors (Lipinski definition) is 2. The number of nitrogens with one attached hydrogen (secondary N) is 1. The van der Waals surface area contributed by atoms with Crippen LogP contribution < -0.4 is 20.5 Å². The molecule has 5 heteroatoms. The van der Waals surface area contributed by atoms with E-state index in [2.05, 4.69) is 5.32 Å². The molecule has 0 radical (unpaired) electrons. The van der Waals surface area contributed by atoms with E-state index in [0.717, 1.165) is 36.8 Å². The smallest absolute Gasteiger partial charge is 0.223 e. The first-order valence-corrected chi connectivity index (χ1v) is 9.52. The van der Waals surface area contributed by atoms with Crippen molar-refractivity contribution in [3.05, 3.63) is 59.7 Å². The van der Waals surface area contributed by atoms with Crippen molar-refractivity contribution in [1.82, 2.24) is 5.32 Å². The molecule has 1 aliphatic rings. The third-order valence-electron chi connectivity index (χ3n) is 5.02. The van der Waals surface area contributed by atoms with E-state index in [9.17, 15) is 4.79 Å². The van der Waals surface area contributed by atoms with Crippen LogP contribution in [-0.2, 0) is 17.9 Å². The fraction of sp³-hybridized carbons (Fsp3) is 0.409. The topological polar surface area (TPSA) is 73.6 Å². The molecule has 2 unspecified atom stereocenters. The molecular formula is C22H28N2O3. The SMILES string of the molecule is COc1cc(CNC(=O)C2CCCC(N)C2)ccc1OCc1ccccc1. The van der Waals surface area contributed by atoms with Gasteiger partial charge in [-0.25, -0.2) is 0 Å². The summed E-state index contributed by atoms with van der Waals surface area (Å²) in [6, 6.07) is 15.9. The lowest BCUT2D eigenvalue weighted by Gasteiger charge is -2.25. The molecule has 2 aromatic carbocycles. The van der Waals surface area contributed by atoms with Gasteiger partial charge in [0.25, 0.3) is 0 Å². The van der Waals surface area contributed by atoms with E-state index >= 15 is 0 Å². The van der Waals surface area contributed by atoms with Crippen LogP contribution in [0.15, 0.2) is 48.5 Å². The molecule has 1 amide bonds. The first-order valence-electron chi connectivity index (χ1n) is 9.52. The zero-order chi connectivity index (χ0) is 19.1. The van der Waals surface area contributed by atoms with E-state index in [1.165, 1.54) is 0 Å². The summed E-state index contributed by atoms with van der Waals surface area (Å²) in [5, 5.41) is 3.03. The lowest BCUT2D eigenvalue weighted by molar-refractivity contribution is -0.126. The van der Waals surface area contributed by atoms with Gasteiger partial charge in [-0.05, 0) is 42.5 Å². The summed E-state index contributed by atoms with van der Waals surface area (Å²) in [7, 11) is 1.62. The molecule has 27 heavy (non-hydrogen) atoms. The van der Waals surface area contributed by atoms with Crippen LogP contribution in [0.5, 0.6) is 11.5 Å². The van der Waals surface area contributed by atoms with Gasteiger partial charge in [-0.1, -0.05) is 42.8 Å². The zero-order valence-electron chi connectivity index (χ0n) is 15.8. The van der Waals surface area contributed by atoms with E-state index in [1.807, 2.05) is 48.5 Å². The minimum Gasteiger partial charge on any atom is -0.493 e. The fourth-order valence-corrected chi connectivity index (χ4v) is 3.48. The monoisotopic (exact) mass is 368 g/mol. The second-order valence-corrected chi connectivity index (χ2v) is 7.10. The standard InChI is InChI=1S/C22H28N2O3/c1-26-21-12-17(14-24-22(25)18-8-5-9-19(23)13-18)10-11-20(21)27-15-16-6-3-2-4-7-16/h2-4,6-7,10-12,18-19H,5,8-9,13-15,23H2,1H3,(H,24,25). The van der Waals surface area contributed by atoms with Crippen LogP contribution in [0, 0.1) is 5.92 Å². The van der Waals surface area contributed by atoms with Gasteiger partial charge in [0.1, 0.15) is 6.61 Å². The number of carbonyl (C=O) groups excluding carboxylic acids is 1. The normalized spacial score (nSPS) is 19.3. The lowest BCUT2D eigenvalue weighted by Crippen LogP contribution is -2.37. The average Bonchev–Trinajstić information content (AvgIpc) is 2.71. The number of rotatable bonds is 7. The Morgan fingerprint density at radius 2 is 1.93 bits per heavy atom. The van der Waals surface area contributed by atoms with Gasteiger partial charge in [-0.15, -0.1) is 0 Å². The van der Waals surface area contributed by atoms with Gasteiger partial charge in [0, 0.05) is 18.5 Å². The maximum absolute atomic E-state index is 12.4. The first kappa shape index (κ1) is 19.2. The summed E-state index contributed by atoms with van der Waals surface area (Å²) in [4.78, 5) is 12.4. The van der Waals surface area contributed by atoms with Crippen LogP contribution in [0.25, 0.3) is 0 Å². The van der Waals surface area contributed by atoms with Crippen molar-refractivity contribution in [1.29, 1.82) is 0 Å². The van der Waals surface area contributed by atoms with Crippen molar-refractivity contribution in [2.45, 2.75) is 44.9 Å². The summed E-state index contributed by atoms with van der Waals surface area (Å²) < 4.78 is 11.3. The molecule has 1 fully saturated rings. The highest BCUT2D eigenvalue weighted by molar-refractivity contribution is 5.78. The van der Waals surface area contributed by atoms with E-state index in [4.69, 9.17) is 15.2 Å². The molecule has 0 heterocycles. The van der Waals surface area contributed by atoms with Gasteiger partial charge < -0.3 is 20.5 Å². The molecule has 0 aromatic heterocycles. The van der Waals surface area contributed by atoms with Crippen LogP contribution in [-0.4, -0.2) is 19.1 Å². The molecular weight excluding hydrogens is 340 g/mol. The van der Waals surface area contributed by atoms with Crippen molar-refractivity contribution < 1.29 is 14.3 Å². The highest BCUT2D eigenvalue weighted by Gasteiger charge is 2.25. The van der Waals surface area contributed by atoms with Crippen LogP contribution in [0.3, 0.4) is 0 Å². The highest BCUT2D eigenvalue weighted by atomic mass is 16.5. The van der Waals surface area contributed by atoms with Crippen LogP contribution >= 0.6 is 0 Å². The van der Waals surface area contributed by atoms with Gasteiger partial charge in [-0.2, -0.15) is 0 Å². The van der Waals surface area contributed by atoms with Gasteiger partial charge >= 0.3 is 0 Å². The minimum absolute atomic E-state index is 0.0316. The molecule has 144 valence electrons. The Kier molecular flexibility index (Phi) is 6.71. The average molecular weight is 368 g/mol. The van der Waals surface area contributed by atoms with Crippen molar-refractivity contribution in [2.75, 3.05) is 7.11 Å². The molecule has 0 aliphatic heterocycles. The minimum atomic E-state index is 0.0316. The Morgan fingerprint density at radius 3 is 2.67 bits per heavy atom. The summed E-state index contributed by atoms with van der Waals surface area (Å²) in [5.74, 6) is 1.48. The van der Waals surface area contributed by atoms with E-state index in [1.54, 1.807) is 7.11 Å². The largest absolute Gasteiger partial charge is 0.493 e. The summed E-state index contributed by atoms with van der Waals surface area (Å²) in [5.41, 5.74) is 8.06. The van der Waals surface area contributed by atoms with Crippen LogP contribution in [0.4, 0.5) is 0 Å². The van der Waals surface area contributed by atoms with E-state index in [0.29, 0.717) is 24.7 Å². The molecule has 3 N–H and O–H groups in total. The number of ether oxygens (including phenoxy) is 2. The van der Waals surface area contributed by atoms with Crippen molar-refractivity contribution in [3.8, 4) is 11.5 Å². The number of nitrogens with two attached hydrogens (primary N) is 1. The third kappa shape index (κ3) is 5.47. The summed E-state index contributed by atoms with van der Waals surface area (Å²) in [6.45, 7) is 0.953. The van der Waals surface area contributed by atoms with Gasteiger partial charge in [-0.3, -0.25) is 4.79 Å². The third-order valence-corrected chi connectivity index (χ3v) is 5.02. The molecule has 0 bridgehead atoms. The highest BCUT2D eigenvalue weighted by Crippen LogP contribution is 2.29. The second kappa shape index (κ2) is 9.42. The number of methoxy groups -OCH3 is 1. The lowest BCUT2D eigenvalue weighted by atomic mass is 9.85. The fourth-order valence-electron chi connectivity index (χ4n) is 3.48. The van der Waals surface area contributed by atoms with Crippen LogP contribution in [0.1, 0.15) is 36.8 Å². The molecule has 3 rings (SSSR count). The van der Waals surface area contributed by atoms with Crippen molar-refractivity contribution >= 4 is 5.91 Å². The molecule has 0 spiro atoms. The molecule has 2 atom stereocenters. The number of carbonyl (C=O) groups is 1. The zero-order valence-corrected chi connectivity index (χ0v) is 15.8. The number of benzene rings is 2. The van der Waals surface area contributed by atoms with E-state index in [-0.39, 0.29) is 17.9 Å². The molecule has 0 saturated heterocycles.